The van der Waals surface area contributed by atoms with Crippen LogP contribution in [0.4, 0.5) is 5.69 Å². The molecule has 4 nitrogen and oxygen atoms in total. The number of aromatic nitrogens is 2. The molecule has 0 spiro atoms. The number of hydrogen-bond acceptors (Lipinski definition) is 3. The van der Waals surface area contributed by atoms with E-state index in [4.69, 9.17) is 4.74 Å². The van der Waals surface area contributed by atoms with Crippen LogP contribution in [0.1, 0.15) is 11.3 Å². The first-order chi connectivity index (χ1) is 12.2. The highest BCUT2D eigenvalue weighted by Crippen LogP contribution is 2.27. The first-order valence-electron chi connectivity index (χ1n) is 8.49. The van der Waals surface area contributed by atoms with E-state index in [0.29, 0.717) is 0 Å². The van der Waals surface area contributed by atoms with Crippen molar-refractivity contribution < 1.29 is 4.74 Å². The molecule has 0 saturated carbocycles. The van der Waals surface area contributed by atoms with Crippen LogP contribution in [0.5, 0.6) is 5.75 Å². The van der Waals surface area contributed by atoms with Crippen molar-refractivity contribution in [2.24, 2.45) is 0 Å². The van der Waals surface area contributed by atoms with E-state index < -0.39 is 0 Å². The average molecular weight is 331 g/mol. The molecule has 4 aromatic rings. The second kappa shape index (κ2) is 6.48. The maximum Gasteiger partial charge on any atom is 0.119 e. The number of aryl methyl sites for hydroxylation is 1. The molecular formula is C21H21N3O. The summed E-state index contributed by atoms with van der Waals surface area (Å²) in [5, 5.41) is 5.95. The van der Waals surface area contributed by atoms with Gasteiger partial charge in [0.05, 0.1) is 12.6 Å². The molecule has 0 aliphatic rings. The van der Waals surface area contributed by atoms with Gasteiger partial charge in [0.15, 0.2) is 0 Å². The standard InChI is InChI=1S/C21H21N3O/c1-14-11-21(18-12-16(25-2)7-8-20(18)24-14)22-10-9-15-13-23-19-6-4-3-5-17(15)19/h3-8,11-13,23H,9-10H2,1-2H3,(H,22,24). The number of benzene rings is 2. The van der Waals surface area contributed by atoms with Gasteiger partial charge in [0, 0.05) is 40.4 Å². The molecular weight excluding hydrogens is 310 g/mol. The number of aromatic amines is 1. The van der Waals surface area contributed by atoms with Crippen LogP contribution in [-0.4, -0.2) is 23.6 Å². The van der Waals surface area contributed by atoms with Gasteiger partial charge in [-0.3, -0.25) is 4.98 Å². The smallest absolute Gasteiger partial charge is 0.119 e. The van der Waals surface area contributed by atoms with Crippen LogP contribution in [-0.2, 0) is 6.42 Å². The van der Waals surface area contributed by atoms with Gasteiger partial charge in [-0.1, -0.05) is 18.2 Å². The zero-order chi connectivity index (χ0) is 17.2. The van der Waals surface area contributed by atoms with Crippen molar-refractivity contribution in [3.63, 3.8) is 0 Å². The van der Waals surface area contributed by atoms with Gasteiger partial charge in [-0.25, -0.2) is 0 Å². The Bertz CT molecular complexity index is 1040. The third-order valence-corrected chi connectivity index (χ3v) is 4.53. The first kappa shape index (κ1) is 15.5. The van der Waals surface area contributed by atoms with Crippen molar-refractivity contribution in [3.05, 3.63) is 66.0 Å². The number of rotatable bonds is 5. The number of anilines is 1. The zero-order valence-electron chi connectivity index (χ0n) is 14.5. The lowest BCUT2D eigenvalue weighted by Crippen LogP contribution is -2.06. The quantitative estimate of drug-likeness (QED) is 0.558. The van der Waals surface area contributed by atoms with E-state index in [-0.39, 0.29) is 0 Å². The Labute approximate surface area is 146 Å². The molecule has 2 aromatic carbocycles. The molecule has 0 aliphatic carbocycles. The highest BCUT2D eigenvalue weighted by atomic mass is 16.5. The summed E-state index contributed by atoms with van der Waals surface area (Å²) in [6, 6.07) is 16.5. The van der Waals surface area contributed by atoms with Gasteiger partial charge < -0.3 is 15.0 Å². The second-order valence-electron chi connectivity index (χ2n) is 6.23. The molecule has 0 radical (unpaired) electrons. The molecule has 2 aromatic heterocycles. The highest BCUT2D eigenvalue weighted by molar-refractivity contribution is 5.92. The first-order valence-corrected chi connectivity index (χ1v) is 8.49. The molecule has 0 fully saturated rings. The van der Waals surface area contributed by atoms with E-state index in [9.17, 15) is 0 Å². The van der Waals surface area contributed by atoms with Crippen molar-refractivity contribution in [2.45, 2.75) is 13.3 Å². The maximum absolute atomic E-state index is 5.36. The van der Waals surface area contributed by atoms with Crippen LogP contribution in [0.15, 0.2) is 54.7 Å². The third kappa shape index (κ3) is 3.03. The fourth-order valence-corrected chi connectivity index (χ4v) is 3.28. The van der Waals surface area contributed by atoms with Crippen LogP contribution in [0.25, 0.3) is 21.8 Å². The fraction of sp³-hybridized carbons (Fsp3) is 0.190. The number of nitrogens with one attached hydrogen (secondary N) is 2. The Kier molecular flexibility index (Phi) is 4.02. The Hall–Kier alpha value is -3.01. The summed E-state index contributed by atoms with van der Waals surface area (Å²) in [6.07, 6.45) is 3.06. The SMILES string of the molecule is COc1ccc2nc(C)cc(NCCc3c[nH]c4ccccc34)c2c1. The summed E-state index contributed by atoms with van der Waals surface area (Å²) in [6.45, 7) is 2.88. The van der Waals surface area contributed by atoms with E-state index in [1.54, 1.807) is 7.11 Å². The molecule has 0 unspecified atom stereocenters. The molecule has 0 amide bonds. The molecule has 4 heteroatoms. The second-order valence-corrected chi connectivity index (χ2v) is 6.23. The molecule has 25 heavy (non-hydrogen) atoms. The van der Waals surface area contributed by atoms with Crippen molar-refractivity contribution in [3.8, 4) is 5.75 Å². The minimum atomic E-state index is 0.845. The van der Waals surface area contributed by atoms with Gasteiger partial charge in [0.1, 0.15) is 5.75 Å². The van der Waals surface area contributed by atoms with Crippen LogP contribution in [0.3, 0.4) is 0 Å². The van der Waals surface area contributed by atoms with Crippen LogP contribution in [0, 0.1) is 6.92 Å². The summed E-state index contributed by atoms with van der Waals surface area (Å²) >= 11 is 0. The number of nitrogens with zero attached hydrogens (tertiary/aromatic N) is 1. The van der Waals surface area contributed by atoms with Crippen molar-refractivity contribution in [1.82, 2.24) is 9.97 Å². The van der Waals surface area contributed by atoms with E-state index in [1.165, 1.54) is 16.5 Å². The Morgan fingerprint density at radius 1 is 1.08 bits per heavy atom. The molecule has 0 aliphatic heterocycles. The lowest BCUT2D eigenvalue weighted by atomic mass is 10.1. The van der Waals surface area contributed by atoms with Crippen LogP contribution < -0.4 is 10.1 Å². The predicted octanol–water partition coefficient (Wildman–Crippen LogP) is 4.69. The van der Waals surface area contributed by atoms with E-state index in [0.717, 1.165) is 41.0 Å². The average Bonchev–Trinajstić information content (AvgIpc) is 3.04. The Morgan fingerprint density at radius 3 is 2.84 bits per heavy atom. The van der Waals surface area contributed by atoms with Crippen molar-refractivity contribution in [1.29, 1.82) is 0 Å². The summed E-state index contributed by atoms with van der Waals surface area (Å²) in [4.78, 5) is 7.95. The monoisotopic (exact) mass is 331 g/mol. The van der Waals surface area contributed by atoms with E-state index in [1.807, 2.05) is 25.1 Å². The molecule has 2 N–H and O–H groups in total. The van der Waals surface area contributed by atoms with Gasteiger partial charge in [-0.05, 0) is 49.2 Å². The molecule has 0 saturated heterocycles. The van der Waals surface area contributed by atoms with E-state index >= 15 is 0 Å². The zero-order valence-corrected chi connectivity index (χ0v) is 14.5. The lowest BCUT2D eigenvalue weighted by molar-refractivity contribution is 0.415. The number of ether oxygens (including phenoxy) is 1. The van der Waals surface area contributed by atoms with Crippen LogP contribution >= 0.6 is 0 Å². The number of para-hydroxylation sites is 1. The Balaban J connectivity index is 1.58. The molecule has 0 atom stereocenters. The maximum atomic E-state index is 5.36. The minimum absolute atomic E-state index is 0.845. The summed E-state index contributed by atoms with van der Waals surface area (Å²) in [7, 11) is 1.69. The normalized spacial score (nSPS) is 11.1. The molecule has 4 rings (SSSR count). The molecule has 126 valence electrons. The van der Waals surface area contributed by atoms with Gasteiger partial charge >= 0.3 is 0 Å². The summed E-state index contributed by atoms with van der Waals surface area (Å²) < 4.78 is 5.36. The number of hydrogen-bond donors (Lipinski definition) is 2. The largest absolute Gasteiger partial charge is 0.497 e. The topological polar surface area (TPSA) is 49.9 Å². The Morgan fingerprint density at radius 2 is 1.96 bits per heavy atom. The summed E-state index contributed by atoms with van der Waals surface area (Å²) in [5.74, 6) is 0.845. The number of fused-ring (bicyclic) bond motifs is 2. The van der Waals surface area contributed by atoms with Gasteiger partial charge in [0.2, 0.25) is 0 Å². The molecule has 2 heterocycles. The predicted molar refractivity (Wildman–Crippen MR) is 104 cm³/mol. The van der Waals surface area contributed by atoms with Crippen molar-refractivity contribution >= 4 is 27.5 Å². The minimum Gasteiger partial charge on any atom is -0.497 e. The lowest BCUT2D eigenvalue weighted by Gasteiger charge is -2.12. The van der Waals surface area contributed by atoms with Crippen molar-refractivity contribution in [2.75, 3.05) is 19.0 Å². The number of pyridine rings is 1. The highest BCUT2D eigenvalue weighted by Gasteiger charge is 2.07. The third-order valence-electron chi connectivity index (χ3n) is 4.53. The van der Waals surface area contributed by atoms with E-state index in [2.05, 4.69) is 51.8 Å². The van der Waals surface area contributed by atoms with Gasteiger partial charge in [-0.15, -0.1) is 0 Å². The fourth-order valence-electron chi connectivity index (χ4n) is 3.28. The van der Waals surface area contributed by atoms with Gasteiger partial charge in [0.25, 0.3) is 0 Å². The summed E-state index contributed by atoms with van der Waals surface area (Å²) in [5.41, 5.74) is 5.60. The van der Waals surface area contributed by atoms with Gasteiger partial charge in [-0.2, -0.15) is 0 Å². The van der Waals surface area contributed by atoms with Crippen LogP contribution in [0.2, 0.25) is 0 Å². The molecule has 0 bridgehead atoms. The number of methoxy groups -OCH3 is 1. The number of H-pyrrole nitrogens is 1.